The highest BCUT2D eigenvalue weighted by Crippen LogP contribution is 2.34. The van der Waals surface area contributed by atoms with Crippen LogP contribution in [0.5, 0.6) is 0 Å². The average molecular weight is 402 g/mol. The molecular formula is C18H12BrNO3S. The molecule has 3 rings (SSSR count). The molecule has 1 fully saturated rings. The van der Waals surface area contributed by atoms with Crippen molar-refractivity contribution in [2.45, 2.75) is 6.92 Å². The van der Waals surface area contributed by atoms with Crippen molar-refractivity contribution in [3.05, 3.63) is 51.0 Å². The Bertz CT molecular complexity index is 907. The van der Waals surface area contributed by atoms with Gasteiger partial charge in [0.15, 0.2) is 0 Å². The van der Waals surface area contributed by atoms with Gasteiger partial charge in [-0.1, -0.05) is 27.9 Å². The Balaban J connectivity index is 1.88. The van der Waals surface area contributed by atoms with Gasteiger partial charge in [0.1, 0.15) is 11.5 Å². The molecule has 1 aliphatic heterocycles. The Morgan fingerprint density at radius 2 is 2.12 bits per heavy atom. The molecule has 0 spiro atoms. The molecule has 2 heterocycles. The molecule has 24 heavy (non-hydrogen) atoms. The molecule has 0 saturated carbocycles. The lowest BCUT2D eigenvalue weighted by Crippen LogP contribution is -2.28. The zero-order valence-electron chi connectivity index (χ0n) is 12.7. The molecule has 1 aromatic heterocycles. The van der Waals surface area contributed by atoms with Gasteiger partial charge in [-0.15, -0.1) is 6.42 Å². The summed E-state index contributed by atoms with van der Waals surface area (Å²) in [5, 5.41) is -0.364. The number of halogens is 1. The SMILES string of the molecule is C#CCN1C(=O)SC(=Cc2ccc(-c3ccc(C)cc3Br)o2)C1=O. The van der Waals surface area contributed by atoms with Gasteiger partial charge in [0.05, 0.1) is 11.4 Å². The van der Waals surface area contributed by atoms with Crippen molar-refractivity contribution in [3.8, 4) is 23.7 Å². The molecule has 1 saturated heterocycles. The normalized spacial score (nSPS) is 16.0. The van der Waals surface area contributed by atoms with Gasteiger partial charge in [0, 0.05) is 16.1 Å². The van der Waals surface area contributed by atoms with E-state index in [-0.39, 0.29) is 11.8 Å². The van der Waals surface area contributed by atoms with Crippen molar-refractivity contribution in [3.63, 3.8) is 0 Å². The average Bonchev–Trinajstić information content (AvgIpc) is 3.08. The van der Waals surface area contributed by atoms with E-state index in [2.05, 4.69) is 21.9 Å². The second kappa shape index (κ2) is 6.71. The summed E-state index contributed by atoms with van der Waals surface area (Å²) < 4.78 is 6.72. The largest absolute Gasteiger partial charge is 0.457 e. The van der Waals surface area contributed by atoms with Crippen LogP contribution in [0.4, 0.5) is 4.79 Å². The van der Waals surface area contributed by atoms with Crippen molar-refractivity contribution >= 4 is 44.9 Å². The van der Waals surface area contributed by atoms with E-state index >= 15 is 0 Å². The van der Waals surface area contributed by atoms with Crippen LogP contribution in [0.1, 0.15) is 11.3 Å². The highest BCUT2D eigenvalue weighted by Gasteiger charge is 2.34. The molecule has 0 aliphatic carbocycles. The number of benzene rings is 1. The van der Waals surface area contributed by atoms with Gasteiger partial charge in [-0.2, -0.15) is 0 Å². The van der Waals surface area contributed by atoms with E-state index in [0.717, 1.165) is 32.3 Å². The molecule has 0 bridgehead atoms. The van der Waals surface area contributed by atoms with E-state index in [9.17, 15) is 9.59 Å². The Hall–Kier alpha value is -2.23. The molecule has 2 aromatic rings. The number of rotatable bonds is 3. The van der Waals surface area contributed by atoms with Gasteiger partial charge >= 0.3 is 0 Å². The summed E-state index contributed by atoms with van der Waals surface area (Å²) >= 11 is 4.38. The number of nitrogens with zero attached hydrogens (tertiary/aromatic N) is 1. The number of imide groups is 1. The first kappa shape index (κ1) is 16.6. The lowest BCUT2D eigenvalue weighted by molar-refractivity contribution is -0.122. The standard InChI is InChI=1S/C18H12BrNO3S/c1-3-8-20-17(21)16(24-18(20)22)10-12-5-7-15(23-12)13-6-4-11(2)9-14(13)19/h1,4-7,9-10H,8H2,2H3. The van der Waals surface area contributed by atoms with Crippen LogP contribution in [0.15, 0.2) is 44.1 Å². The Labute approximate surface area is 152 Å². The first-order valence-corrected chi connectivity index (χ1v) is 8.65. The van der Waals surface area contributed by atoms with Crippen molar-refractivity contribution < 1.29 is 14.0 Å². The molecule has 0 N–H and O–H groups in total. The molecule has 1 aromatic carbocycles. The fourth-order valence-electron chi connectivity index (χ4n) is 2.25. The zero-order chi connectivity index (χ0) is 17.3. The van der Waals surface area contributed by atoms with Gasteiger partial charge in [-0.05, 0) is 48.5 Å². The number of carbonyl (C=O) groups excluding carboxylic acids is 2. The van der Waals surface area contributed by atoms with Gasteiger partial charge in [0.25, 0.3) is 11.1 Å². The molecule has 2 amide bonds. The number of hydrogen-bond acceptors (Lipinski definition) is 4. The van der Waals surface area contributed by atoms with E-state index in [1.165, 1.54) is 0 Å². The highest BCUT2D eigenvalue weighted by atomic mass is 79.9. The van der Waals surface area contributed by atoms with Gasteiger partial charge in [-0.3, -0.25) is 14.5 Å². The van der Waals surface area contributed by atoms with Crippen LogP contribution in [0.2, 0.25) is 0 Å². The van der Waals surface area contributed by atoms with Crippen molar-refractivity contribution in [2.24, 2.45) is 0 Å². The fraction of sp³-hybridized carbons (Fsp3) is 0.111. The summed E-state index contributed by atoms with van der Waals surface area (Å²) in [7, 11) is 0. The van der Waals surface area contributed by atoms with Gasteiger partial charge in [-0.25, -0.2) is 0 Å². The Morgan fingerprint density at radius 1 is 1.33 bits per heavy atom. The molecule has 4 nitrogen and oxygen atoms in total. The summed E-state index contributed by atoms with van der Waals surface area (Å²) in [6.45, 7) is 1.98. The van der Waals surface area contributed by atoms with E-state index in [4.69, 9.17) is 10.8 Å². The molecule has 0 atom stereocenters. The van der Waals surface area contributed by atoms with Crippen molar-refractivity contribution in [1.82, 2.24) is 4.90 Å². The van der Waals surface area contributed by atoms with Crippen LogP contribution in [-0.2, 0) is 4.79 Å². The molecule has 1 aliphatic rings. The number of aryl methyl sites for hydroxylation is 1. The highest BCUT2D eigenvalue weighted by molar-refractivity contribution is 9.10. The summed E-state index contributed by atoms with van der Waals surface area (Å²) in [5.74, 6) is 3.10. The van der Waals surface area contributed by atoms with Crippen LogP contribution < -0.4 is 0 Å². The van der Waals surface area contributed by atoms with Crippen LogP contribution >= 0.6 is 27.7 Å². The number of amides is 2. The summed E-state index contributed by atoms with van der Waals surface area (Å²) in [4.78, 5) is 25.3. The first-order chi connectivity index (χ1) is 11.5. The molecule has 0 unspecified atom stereocenters. The lowest BCUT2D eigenvalue weighted by atomic mass is 10.1. The second-order valence-corrected chi connectivity index (χ2v) is 7.00. The van der Waals surface area contributed by atoms with Gasteiger partial charge < -0.3 is 4.42 Å². The van der Waals surface area contributed by atoms with Crippen LogP contribution in [0.3, 0.4) is 0 Å². The number of thioether (sulfide) groups is 1. The predicted octanol–water partition coefficient (Wildman–Crippen LogP) is 4.69. The Kier molecular flexibility index (Phi) is 4.65. The first-order valence-electron chi connectivity index (χ1n) is 7.05. The van der Waals surface area contributed by atoms with E-state index in [1.54, 1.807) is 12.1 Å². The van der Waals surface area contributed by atoms with Crippen molar-refractivity contribution in [2.75, 3.05) is 6.54 Å². The lowest BCUT2D eigenvalue weighted by Gasteiger charge is -2.06. The predicted molar refractivity (Wildman–Crippen MR) is 98.1 cm³/mol. The smallest absolute Gasteiger partial charge is 0.294 e. The van der Waals surface area contributed by atoms with E-state index in [1.807, 2.05) is 31.2 Å². The minimum Gasteiger partial charge on any atom is -0.457 e. The van der Waals surface area contributed by atoms with E-state index in [0.29, 0.717) is 16.4 Å². The monoisotopic (exact) mass is 401 g/mol. The summed E-state index contributed by atoms with van der Waals surface area (Å²) in [6.07, 6.45) is 6.74. The minimum absolute atomic E-state index is 0.0261. The van der Waals surface area contributed by atoms with Crippen LogP contribution in [0.25, 0.3) is 17.4 Å². The zero-order valence-corrected chi connectivity index (χ0v) is 15.1. The third-order valence-electron chi connectivity index (χ3n) is 3.41. The third kappa shape index (κ3) is 3.18. The van der Waals surface area contributed by atoms with Crippen LogP contribution in [-0.4, -0.2) is 22.6 Å². The maximum Gasteiger partial charge on any atom is 0.294 e. The summed E-state index contributed by atoms with van der Waals surface area (Å²) in [6, 6.07) is 9.54. The van der Waals surface area contributed by atoms with Crippen molar-refractivity contribution in [1.29, 1.82) is 0 Å². The van der Waals surface area contributed by atoms with Gasteiger partial charge in [0.2, 0.25) is 0 Å². The number of terminal acetylenes is 1. The number of carbonyl (C=O) groups is 2. The number of hydrogen-bond donors (Lipinski definition) is 0. The molecule has 120 valence electrons. The van der Waals surface area contributed by atoms with E-state index < -0.39 is 5.91 Å². The molecule has 6 heteroatoms. The summed E-state index contributed by atoms with van der Waals surface area (Å²) in [5.41, 5.74) is 2.06. The number of furan rings is 1. The maximum atomic E-state index is 12.1. The molecule has 0 radical (unpaired) electrons. The van der Waals surface area contributed by atoms with Crippen LogP contribution in [0, 0.1) is 19.3 Å². The second-order valence-electron chi connectivity index (χ2n) is 5.16. The minimum atomic E-state index is -0.391. The molecular weight excluding hydrogens is 390 g/mol. The Morgan fingerprint density at radius 3 is 2.83 bits per heavy atom. The quantitative estimate of drug-likeness (QED) is 0.552. The fourth-order valence-corrected chi connectivity index (χ4v) is 3.76. The topological polar surface area (TPSA) is 50.5 Å². The maximum absolute atomic E-state index is 12.1. The third-order valence-corrected chi connectivity index (χ3v) is 4.98.